The first kappa shape index (κ1) is 17.7. The molecule has 1 N–H and O–H groups in total. The quantitative estimate of drug-likeness (QED) is 0.804. The van der Waals surface area contributed by atoms with Gasteiger partial charge in [-0.25, -0.2) is 9.78 Å². The second-order valence-electron chi connectivity index (χ2n) is 2.69. The number of aromatic nitrogens is 1. The Hall–Kier alpha value is -1.71. The Kier molecular flexibility index (Phi) is 9.89. The lowest BCUT2D eigenvalue weighted by molar-refractivity contribution is 0.0689. The Labute approximate surface area is 103 Å². The number of Topliss-reactive ketones (excluding diaryl/α,β-unsaturated/α-hetero) is 1. The van der Waals surface area contributed by atoms with E-state index in [0.717, 1.165) is 0 Å². The van der Waals surface area contributed by atoms with E-state index in [1.165, 1.54) is 19.2 Å². The molecule has 0 atom stereocenters. The van der Waals surface area contributed by atoms with Crippen LogP contribution in [0.4, 0.5) is 0 Å². The highest BCUT2D eigenvalue weighted by atomic mass is 16.4. The van der Waals surface area contributed by atoms with Crippen molar-refractivity contribution < 1.29 is 14.7 Å². The van der Waals surface area contributed by atoms with Crippen molar-refractivity contribution in [2.75, 3.05) is 0 Å². The first-order valence-corrected chi connectivity index (χ1v) is 5.74. The van der Waals surface area contributed by atoms with E-state index < -0.39 is 5.97 Å². The maximum Gasteiger partial charge on any atom is 0.354 e. The van der Waals surface area contributed by atoms with Crippen LogP contribution in [-0.2, 0) is 0 Å². The highest BCUT2D eigenvalue weighted by molar-refractivity contribution is 5.98. The van der Waals surface area contributed by atoms with E-state index in [-0.39, 0.29) is 11.5 Å². The molecule has 4 nitrogen and oxygen atoms in total. The van der Waals surface area contributed by atoms with Crippen LogP contribution in [0.3, 0.4) is 0 Å². The van der Waals surface area contributed by atoms with Crippen LogP contribution in [0.5, 0.6) is 0 Å². The second-order valence-corrected chi connectivity index (χ2v) is 2.69. The largest absolute Gasteiger partial charge is 0.477 e. The molecule has 17 heavy (non-hydrogen) atoms. The molecule has 0 radical (unpaired) electrons. The highest BCUT2D eigenvalue weighted by Gasteiger charge is 2.13. The Morgan fingerprint density at radius 1 is 1.18 bits per heavy atom. The average molecular weight is 239 g/mol. The van der Waals surface area contributed by atoms with E-state index in [1.807, 2.05) is 27.7 Å². The van der Waals surface area contributed by atoms with Gasteiger partial charge in [0.2, 0.25) is 0 Å². The topological polar surface area (TPSA) is 67.3 Å². The zero-order chi connectivity index (χ0) is 14.0. The molecule has 0 saturated carbocycles. The van der Waals surface area contributed by atoms with Gasteiger partial charge in [-0.2, -0.15) is 0 Å². The average Bonchev–Trinajstić information content (AvgIpc) is 2.33. The first-order chi connectivity index (χ1) is 8.04. The van der Waals surface area contributed by atoms with E-state index in [1.54, 1.807) is 6.92 Å². The monoisotopic (exact) mass is 239 g/mol. The molecule has 1 rings (SSSR count). The smallest absolute Gasteiger partial charge is 0.354 e. The van der Waals surface area contributed by atoms with Crippen molar-refractivity contribution in [3.05, 3.63) is 29.1 Å². The number of ketones is 1. The van der Waals surface area contributed by atoms with Crippen LogP contribution in [0, 0.1) is 6.92 Å². The van der Waals surface area contributed by atoms with Gasteiger partial charge in [-0.3, -0.25) is 4.79 Å². The predicted molar refractivity (Wildman–Crippen MR) is 68.6 cm³/mol. The van der Waals surface area contributed by atoms with Crippen molar-refractivity contribution in [3.8, 4) is 0 Å². The lowest BCUT2D eigenvalue weighted by Crippen LogP contribution is -2.07. The van der Waals surface area contributed by atoms with Gasteiger partial charge in [0.25, 0.3) is 0 Å². The third-order valence-electron chi connectivity index (χ3n) is 1.79. The molecule has 0 aliphatic carbocycles. The lowest BCUT2D eigenvalue weighted by atomic mass is 10.1. The molecule has 96 valence electrons. The zero-order valence-electron chi connectivity index (χ0n) is 11.4. The summed E-state index contributed by atoms with van der Waals surface area (Å²) in [5.74, 6) is -1.26. The normalized spacial score (nSPS) is 8.12. The van der Waals surface area contributed by atoms with Crippen LogP contribution < -0.4 is 0 Å². The van der Waals surface area contributed by atoms with Gasteiger partial charge >= 0.3 is 5.97 Å². The number of carbonyl (C=O) groups excluding carboxylic acids is 1. The van der Waals surface area contributed by atoms with E-state index >= 15 is 0 Å². The maximum absolute atomic E-state index is 11.0. The van der Waals surface area contributed by atoms with Crippen LogP contribution >= 0.6 is 0 Å². The fourth-order valence-electron chi connectivity index (χ4n) is 1.13. The van der Waals surface area contributed by atoms with Crippen LogP contribution in [0.1, 0.15) is 61.0 Å². The summed E-state index contributed by atoms with van der Waals surface area (Å²) < 4.78 is 0. The van der Waals surface area contributed by atoms with Crippen molar-refractivity contribution in [2.45, 2.75) is 41.5 Å². The molecule has 1 heterocycles. The molecule has 0 amide bonds. The SMILES string of the molecule is CC.CC.CC(=O)c1ccnc(C(=O)O)c1C. The molecule has 4 heteroatoms. The molecule has 0 spiro atoms. The Bertz CT molecular complexity index is 341. The third-order valence-corrected chi connectivity index (χ3v) is 1.79. The predicted octanol–water partition coefficient (Wildman–Crippen LogP) is 3.34. The van der Waals surface area contributed by atoms with E-state index in [2.05, 4.69) is 4.98 Å². The van der Waals surface area contributed by atoms with Gasteiger partial charge in [0.05, 0.1) is 0 Å². The van der Waals surface area contributed by atoms with E-state index in [4.69, 9.17) is 5.11 Å². The number of hydrogen-bond donors (Lipinski definition) is 1. The van der Waals surface area contributed by atoms with Crippen molar-refractivity contribution in [1.29, 1.82) is 0 Å². The van der Waals surface area contributed by atoms with Crippen molar-refractivity contribution >= 4 is 11.8 Å². The summed E-state index contributed by atoms with van der Waals surface area (Å²) >= 11 is 0. The fraction of sp³-hybridized carbons (Fsp3) is 0.462. The summed E-state index contributed by atoms with van der Waals surface area (Å²) in [5.41, 5.74) is 0.766. The maximum atomic E-state index is 11.0. The number of nitrogens with zero attached hydrogens (tertiary/aromatic N) is 1. The fourth-order valence-corrected chi connectivity index (χ4v) is 1.13. The zero-order valence-corrected chi connectivity index (χ0v) is 11.4. The molecular formula is C13H21NO3. The van der Waals surface area contributed by atoms with Crippen LogP contribution in [0.2, 0.25) is 0 Å². The van der Waals surface area contributed by atoms with Gasteiger partial charge in [0, 0.05) is 11.8 Å². The summed E-state index contributed by atoms with van der Waals surface area (Å²) in [7, 11) is 0. The molecule has 1 aromatic rings. The summed E-state index contributed by atoms with van der Waals surface area (Å²) in [4.78, 5) is 25.3. The summed E-state index contributed by atoms with van der Waals surface area (Å²) in [5, 5.41) is 8.70. The number of aromatic carboxylic acids is 1. The van der Waals surface area contributed by atoms with Crippen molar-refractivity contribution in [1.82, 2.24) is 4.98 Å². The van der Waals surface area contributed by atoms with Gasteiger partial charge in [-0.05, 0) is 25.5 Å². The summed E-state index contributed by atoms with van der Waals surface area (Å²) in [6.45, 7) is 11.0. The number of carbonyl (C=O) groups is 2. The molecule has 0 fully saturated rings. The van der Waals surface area contributed by atoms with Crippen LogP contribution in [-0.4, -0.2) is 21.8 Å². The van der Waals surface area contributed by atoms with Crippen LogP contribution in [0.25, 0.3) is 0 Å². The van der Waals surface area contributed by atoms with Gasteiger partial charge in [-0.1, -0.05) is 27.7 Å². The van der Waals surface area contributed by atoms with Crippen molar-refractivity contribution in [3.63, 3.8) is 0 Å². The Balaban J connectivity index is 0. The minimum Gasteiger partial charge on any atom is -0.477 e. The standard InChI is InChI=1S/C9H9NO3.2C2H6/c1-5-7(6(2)11)3-4-10-8(5)9(12)13;2*1-2/h3-4H,1-2H3,(H,12,13);2*1-2H3. The lowest BCUT2D eigenvalue weighted by Gasteiger charge is -2.03. The Morgan fingerprint density at radius 3 is 2.00 bits per heavy atom. The van der Waals surface area contributed by atoms with Gasteiger partial charge in [0.15, 0.2) is 11.5 Å². The summed E-state index contributed by atoms with van der Waals surface area (Å²) in [6.07, 6.45) is 1.33. The van der Waals surface area contributed by atoms with E-state index in [9.17, 15) is 9.59 Å². The first-order valence-electron chi connectivity index (χ1n) is 5.74. The second kappa shape index (κ2) is 9.51. The Morgan fingerprint density at radius 2 is 1.65 bits per heavy atom. The van der Waals surface area contributed by atoms with Crippen LogP contribution in [0.15, 0.2) is 12.3 Å². The van der Waals surface area contributed by atoms with Gasteiger partial charge in [0.1, 0.15) is 0 Å². The van der Waals surface area contributed by atoms with Gasteiger partial charge in [-0.15, -0.1) is 0 Å². The number of hydrogen-bond acceptors (Lipinski definition) is 3. The van der Waals surface area contributed by atoms with E-state index in [0.29, 0.717) is 11.1 Å². The summed E-state index contributed by atoms with van der Waals surface area (Å²) in [6, 6.07) is 1.52. The third kappa shape index (κ3) is 5.24. The number of rotatable bonds is 2. The number of pyridine rings is 1. The molecule has 0 unspecified atom stereocenters. The molecule has 1 aromatic heterocycles. The molecular weight excluding hydrogens is 218 g/mol. The molecule has 0 bridgehead atoms. The highest BCUT2D eigenvalue weighted by Crippen LogP contribution is 2.11. The molecule has 0 aliphatic rings. The van der Waals surface area contributed by atoms with Crippen molar-refractivity contribution in [2.24, 2.45) is 0 Å². The number of carboxylic acids is 1. The molecule has 0 saturated heterocycles. The molecule has 0 aromatic carbocycles. The minimum atomic E-state index is -1.11. The minimum absolute atomic E-state index is 0.0623. The van der Waals surface area contributed by atoms with Gasteiger partial charge < -0.3 is 5.11 Å². The number of carboxylic acid groups (broad SMARTS) is 1. The molecule has 0 aliphatic heterocycles.